The highest BCUT2D eigenvalue weighted by molar-refractivity contribution is 8.18. The summed E-state index contributed by atoms with van der Waals surface area (Å²) < 4.78 is 6.22. The maximum Gasteiger partial charge on any atom is 0.293 e. The van der Waals surface area contributed by atoms with Crippen LogP contribution in [0.15, 0.2) is 95.9 Å². The van der Waals surface area contributed by atoms with E-state index in [9.17, 15) is 9.59 Å². The molecule has 4 nitrogen and oxygen atoms in total. The average molecular weight is 494 g/mol. The second kappa shape index (κ2) is 10.8. The maximum atomic E-state index is 13.2. The number of fused-ring (bicyclic) bond motifs is 1. The molecule has 1 fully saturated rings. The second-order valence-electron chi connectivity index (χ2n) is 8.90. The van der Waals surface area contributed by atoms with Crippen molar-refractivity contribution in [3.05, 3.63) is 118 Å². The molecule has 1 aliphatic heterocycles. The van der Waals surface area contributed by atoms with Gasteiger partial charge in [0, 0.05) is 12.1 Å². The van der Waals surface area contributed by atoms with Crippen LogP contribution in [0.4, 0.5) is 4.79 Å². The zero-order chi connectivity index (χ0) is 24.9. The summed E-state index contributed by atoms with van der Waals surface area (Å²) in [5, 5.41) is 1.81. The summed E-state index contributed by atoms with van der Waals surface area (Å²) in [6.45, 7) is 2.88. The fraction of sp³-hybridized carbons (Fsp3) is 0.161. The first-order valence-electron chi connectivity index (χ1n) is 12.1. The van der Waals surface area contributed by atoms with E-state index < -0.39 is 0 Å². The number of carbonyl (C=O) groups is 2. The summed E-state index contributed by atoms with van der Waals surface area (Å²) in [6, 6.07) is 30.3. The van der Waals surface area contributed by atoms with Gasteiger partial charge in [0.1, 0.15) is 12.4 Å². The number of carbonyl (C=O) groups excluding carboxylic acids is 2. The molecule has 1 heterocycles. The van der Waals surface area contributed by atoms with Gasteiger partial charge in [-0.2, -0.15) is 0 Å². The highest BCUT2D eigenvalue weighted by atomic mass is 32.2. The number of ether oxygens (including phenoxy) is 1. The second-order valence-corrected chi connectivity index (χ2v) is 9.89. The molecule has 0 atom stereocenters. The minimum atomic E-state index is -0.240. The SMILES string of the molecule is Cc1ccc(COc2ccc3ccccc3c2/C=C2/SC(=O)N(CCCc3ccccc3)C2=O)cc1. The number of thioether (sulfide) groups is 1. The lowest BCUT2D eigenvalue weighted by Gasteiger charge is -2.13. The van der Waals surface area contributed by atoms with E-state index in [2.05, 4.69) is 43.3 Å². The molecule has 1 aliphatic rings. The Morgan fingerprint density at radius 1 is 0.833 bits per heavy atom. The van der Waals surface area contributed by atoms with Gasteiger partial charge in [-0.25, -0.2) is 0 Å². The van der Waals surface area contributed by atoms with E-state index in [0.717, 1.165) is 46.5 Å². The standard InChI is InChI=1S/C31H27NO3S/c1-22-13-15-24(16-14-22)21-35-28-18-17-25-11-5-6-12-26(25)27(28)20-29-30(33)32(31(34)36-29)19-7-10-23-8-3-2-4-9-23/h2-6,8-9,11-18,20H,7,10,19,21H2,1H3/b29-20+. The third kappa shape index (κ3) is 5.37. The van der Waals surface area contributed by atoms with Crippen molar-refractivity contribution in [3.8, 4) is 5.75 Å². The van der Waals surface area contributed by atoms with Crippen LogP contribution in [0.2, 0.25) is 0 Å². The summed E-state index contributed by atoms with van der Waals surface area (Å²) in [5.74, 6) is 0.445. The molecule has 4 aromatic rings. The van der Waals surface area contributed by atoms with E-state index in [-0.39, 0.29) is 11.1 Å². The molecule has 0 aliphatic carbocycles. The Hall–Kier alpha value is -3.83. The van der Waals surface area contributed by atoms with Crippen LogP contribution in [0, 0.1) is 6.92 Å². The highest BCUT2D eigenvalue weighted by Gasteiger charge is 2.34. The van der Waals surface area contributed by atoms with Gasteiger partial charge in [-0.05, 0) is 65.6 Å². The Bertz CT molecular complexity index is 1430. The molecule has 0 bridgehead atoms. The number of amides is 2. The van der Waals surface area contributed by atoms with Gasteiger partial charge in [0.2, 0.25) is 0 Å². The summed E-state index contributed by atoms with van der Waals surface area (Å²) in [7, 11) is 0. The fourth-order valence-corrected chi connectivity index (χ4v) is 5.15. The predicted octanol–water partition coefficient (Wildman–Crippen LogP) is 7.40. The van der Waals surface area contributed by atoms with Gasteiger partial charge in [-0.1, -0.05) is 90.5 Å². The lowest BCUT2D eigenvalue weighted by molar-refractivity contribution is -0.122. The summed E-state index contributed by atoms with van der Waals surface area (Å²) >= 11 is 0.999. The van der Waals surface area contributed by atoms with Crippen molar-refractivity contribution < 1.29 is 14.3 Å². The Morgan fingerprint density at radius 3 is 2.39 bits per heavy atom. The molecule has 0 radical (unpaired) electrons. The third-order valence-electron chi connectivity index (χ3n) is 6.28. The number of nitrogens with zero attached hydrogens (tertiary/aromatic N) is 1. The van der Waals surface area contributed by atoms with Crippen molar-refractivity contribution in [1.82, 2.24) is 4.90 Å². The van der Waals surface area contributed by atoms with Crippen LogP contribution in [-0.4, -0.2) is 22.6 Å². The van der Waals surface area contributed by atoms with Crippen molar-refractivity contribution >= 4 is 39.8 Å². The molecule has 2 amide bonds. The van der Waals surface area contributed by atoms with Crippen LogP contribution in [0.1, 0.15) is 28.7 Å². The van der Waals surface area contributed by atoms with Crippen molar-refractivity contribution in [2.75, 3.05) is 6.54 Å². The molecular formula is C31H27NO3S. The van der Waals surface area contributed by atoms with Crippen LogP contribution < -0.4 is 4.74 Å². The van der Waals surface area contributed by atoms with Gasteiger partial charge in [-0.15, -0.1) is 0 Å². The first kappa shape index (κ1) is 23.9. The van der Waals surface area contributed by atoms with E-state index in [0.29, 0.717) is 23.8 Å². The number of imide groups is 1. The third-order valence-corrected chi connectivity index (χ3v) is 7.19. The minimum Gasteiger partial charge on any atom is -0.488 e. The summed E-state index contributed by atoms with van der Waals surface area (Å²) in [6.07, 6.45) is 3.37. The Balaban J connectivity index is 1.38. The normalized spacial score (nSPS) is 14.7. The highest BCUT2D eigenvalue weighted by Crippen LogP contribution is 2.37. The van der Waals surface area contributed by atoms with E-state index in [1.807, 2.05) is 60.7 Å². The Morgan fingerprint density at radius 2 is 1.58 bits per heavy atom. The number of benzene rings is 4. The Kier molecular flexibility index (Phi) is 7.19. The summed E-state index contributed by atoms with van der Waals surface area (Å²) in [4.78, 5) is 27.7. The van der Waals surface area contributed by atoms with Crippen LogP contribution in [0.3, 0.4) is 0 Å². The number of rotatable bonds is 8. The first-order valence-corrected chi connectivity index (χ1v) is 12.9. The maximum absolute atomic E-state index is 13.2. The largest absolute Gasteiger partial charge is 0.488 e. The van der Waals surface area contributed by atoms with Crippen LogP contribution in [-0.2, 0) is 17.8 Å². The lowest BCUT2D eigenvalue weighted by Crippen LogP contribution is -2.29. The van der Waals surface area contributed by atoms with Crippen LogP contribution in [0.5, 0.6) is 5.75 Å². The predicted molar refractivity (Wildman–Crippen MR) is 147 cm³/mol. The zero-order valence-corrected chi connectivity index (χ0v) is 21.0. The molecule has 36 heavy (non-hydrogen) atoms. The average Bonchev–Trinajstić information content (AvgIpc) is 3.17. The fourth-order valence-electron chi connectivity index (χ4n) is 4.31. The lowest BCUT2D eigenvalue weighted by atomic mass is 10.0. The minimum absolute atomic E-state index is 0.221. The Labute approximate surface area is 215 Å². The first-order chi connectivity index (χ1) is 17.6. The van der Waals surface area contributed by atoms with Gasteiger partial charge in [0.15, 0.2) is 0 Å². The molecule has 5 rings (SSSR count). The van der Waals surface area contributed by atoms with Crippen molar-refractivity contribution in [3.63, 3.8) is 0 Å². The molecule has 0 aromatic heterocycles. The molecule has 180 valence electrons. The zero-order valence-electron chi connectivity index (χ0n) is 20.1. The monoisotopic (exact) mass is 493 g/mol. The van der Waals surface area contributed by atoms with Crippen molar-refractivity contribution in [2.45, 2.75) is 26.4 Å². The van der Waals surface area contributed by atoms with Gasteiger partial charge < -0.3 is 4.74 Å². The molecule has 0 spiro atoms. The van der Waals surface area contributed by atoms with Crippen molar-refractivity contribution in [1.29, 1.82) is 0 Å². The van der Waals surface area contributed by atoms with Gasteiger partial charge >= 0.3 is 0 Å². The van der Waals surface area contributed by atoms with Gasteiger partial charge in [-0.3, -0.25) is 14.5 Å². The van der Waals surface area contributed by atoms with Gasteiger partial charge in [0.25, 0.3) is 11.1 Å². The van der Waals surface area contributed by atoms with Gasteiger partial charge in [0.05, 0.1) is 4.91 Å². The topological polar surface area (TPSA) is 46.6 Å². The number of hydrogen-bond acceptors (Lipinski definition) is 4. The van der Waals surface area contributed by atoms with E-state index in [4.69, 9.17) is 4.74 Å². The van der Waals surface area contributed by atoms with E-state index >= 15 is 0 Å². The molecule has 4 aromatic carbocycles. The van der Waals surface area contributed by atoms with E-state index in [1.54, 1.807) is 0 Å². The molecule has 1 saturated heterocycles. The van der Waals surface area contributed by atoms with Crippen molar-refractivity contribution in [2.24, 2.45) is 0 Å². The van der Waals surface area contributed by atoms with Crippen LogP contribution in [0.25, 0.3) is 16.8 Å². The van der Waals surface area contributed by atoms with Crippen LogP contribution >= 0.6 is 11.8 Å². The smallest absolute Gasteiger partial charge is 0.293 e. The molecule has 0 N–H and O–H groups in total. The number of aryl methyl sites for hydroxylation is 2. The number of hydrogen-bond donors (Lipinski definition) is 0. The molecule has 0 saturated carbocycles. The molecule has 0 unspecified atom stereocenters. The summed E-state index contributed by atoms with van der Waals surface area (Å²) in [5.41, 5.74) is 4.28. The van der Waals surface area contributed by atoms with E-state index in [1.165, 1.54) is 16.0 Å². The molecule has 5 heteroatoms. The quantitative estimate of drug-likeness (QED) is 0.240. The molecular weight excluding hydrogens is 466 g/mol.